The molecule has 0 saturated carbocycles. The first-order valence-electron chi connectivity index (χ1n) is 7.62. The standard InChI is InChI=1S/C16H18BrN5S/c1-3-7-19-14-12-13(17)11(4-2)20-15(12)22-16(21-14)23-10-6-5-8-18-9-10/h5-6,8-9H,3-4,7H2,1-2H3,(H2,19,20,21,22). The fourth-order valence-corrected chi connectivity index (χ4v) is 3.76. The van der Waals surface area contributed by atoms with Crippen LogP contribution in [-0.4, -0.2) is 26.5 Å². The second kappa shape index (κ2) is 7.31. The summed E-state index contributed by atoms with van der Waals surface area (Å²) in [7, 11) is 0. The van der Waals surface area contributed by atoms with Crippen molar-refractivity contribution in [1.29, 1.82) is 0 Å². The fourth-order valence-electron chi connectivity index (χ4n) is 2.26. The SMILES string of the molecule is CCCNc1nc(Sc2cccnc2)nc2[nH]c(CC)c(Br)c12. The van der Waals surface area contributed by atoms with E-state index in [-0.39, 0.29) is 0 Å². The van der Waals surface area contributed by atoms with Gasteiger partial charge in [-0.05, 0) is 52.7 Å². The van der Waals surface area contributed by atoms with Crippen LogP contribution in [-0.2, 0) is 6.42 Å². The highest BCUT2D eigenvalue weighted by Crippen LogP contribution is 2.34. The van der Waals surface area contributed by atoms with E-state index in [1.807, 2.05) is 18.3 Å². The molecule has 3 heterocycles. The predicted octanol–water partition coefficient (Wildman–Crippen LogP) is 4.65. The topological polar surface area (TPSA) is 66.5 Å². The van der Waals surface area contributed by atoms with E-state index in [9.17, 15) is 0 Å². The molecule has 0 radical (unpaired) electrons. The van der Waals surface area contributed by atoms with Crippen LogP contribution >= 0.6 is 27.7 Å². The quantitative estimate of drug-likeness (QED) is 0.598. The Morgan fingerprint density at radius 2 is 2.17 bits per heavy atom. The van der Waals surface area contributed by atoms with E-state index in [2.05, 4.69) is 50.0 Å². The average Bonchev–Trinajstić information content (AvgIpc) is 2.89. The van der Waals surface area contributed by atoms with E-state index in [4.69, 9.17) is 4.98 Å². The van der Waals surface area contributed by atoms with Crippen LogP contribution in [0.4, 0.5) is 5.82 Å². The number of pyridine rings is 1. The Kier molecular flexibility index (Phi) is 5.17. The number of anilines is 1. The van der Waals surface area contributed by atoms with Crippen molar-refractivity contribution in [2.75, 3.05) is 11.9 Å². The molecule has 0 saturated heterocycles. The van der Waals surface area contributed by atoms with Crippen molar-refractivity contribution >= 4 is 44.5 Å². The predicted molar refractivity (Wildman–Crippen MR) is 98.1 cm³/mol. The number of halogens is 1. The molecule has 0 aliphatic carbocycles. The summed E-state index contributed by atoms with van der Waals surface area (Å²) in [5, 5.41) is 5.14. The van der Waals surface area contributed by atoms with Gasteiger partial charge in [0.25, 0.3) is 0 Å². The third kappa shape index (κ3) is 3.50. The van der Waals surface area contributed by atoms with Gasteiger partial charge >= 0.3 is 0 Å². The monoisotopic (exact) mass is 391 g/mol. The molecule has 0 unspecified atom stereocenters. The Bertz CT molecular complexity index is 803. The minimum absolute atomic E-state index is 0.709. The minimum Gasteiger partial charge on any atom is -0.369 e. The van der Waals surface area contributed by atoms with Crippen LogP contribution in [0.3, 0.4) is 0 Å². The van der Waals surface area contributed by atoms with Crippen molar-refractivity contribution < 1.29 is 0 Å². The summed E-state index contributed by atoms with van der Waals surface area (Å²) >= 11 is 5.19. The first kappa shape index (κ1) is 16.3. The lowest BCUT2D eigenvalue weighted by atomic mass is 10.3. The highest BCUT2D eigenvalue weighted by molar-refractivity contribution is 9.10. The Balaban J connectivity index is 2.05. The summed E-state index contributed by atoms with van der Waals surface area (Å²) in [5.74, 6) is 0.867. The van der Waals surface area contributed by atoms with E-state index in [1.54, 1.807) is 6.20 Å². The zero-order chi connectivity index (χ0) is 16.2. The number of aromatic nitrogens is 4. The zero-order valence-electron chi connectivity index (χ0n) is 13.1. The summed E-state index contributed by atoms with van der Waals surface area (Å²) < 4.78 is 1.05. The first-order valence-corrected chi connectivity index (χ1v) is 9.23. The van der Waals surface area contributed by atoms with Crippen molar-refractivity contribution in [1.82, 2.24) is 19.9 Å². The van der Waals surface area contributed by atoms with Gasteiger partial charge < -0.3 is 10.3 Å². The van der Waals surface area contributed by atoms with Crippen LogP contribution in [0.1, 0.15) is 26.0 Å². The molecule has 0 atom stereocenters. The van der Waals surface area contributed by atoms with Gasteiger partial charge in [0.15, 0.2) is 5.16 Å². The molecule has 5 nitrogen and oxygen atoms in total. The lowest BCUT2D eigenvalue weighted by Gasteiger charge is -2.08. The molecule has 0 fully saturated rings. The van der Waals surface area contributed by atoms with Crippen molar-refractivity contribution in [3.63, 3.8) is 0 Å². The molecule has 23 heavy (non-hydrogen) atoms. The van der Waals surface area contributed by atoms with Crippen molar-refractivity contribution in [2.45, 2.75) is 36.7 Å². The fraction of sp³-hybridized carbons (Fsp3) is 0.312. The Morgan fingerprint density at radius 3 is 2.87 bits per heavy atom. The number of hydrogen-bond acceptors (Lipinski definition) is 5. The van der Waals surface area contributed by atoms with Crippen LogP contribution in [0.5, 0.6) is 0 Å². The van der Waals surface area contributed by atoms with Gasteiger partial charge in [0.05, 0.1) is 9.86 Å². The van der Waals surface area contributed by atoms with Crippen LogP contribution in [0.15, 0.2) is 39.1 Å². The maximum atomic E-state index is 4.71. The van der Waals surface area contributed by atoms with Gasteiger partial charge in [-0.15, -0.1) is 0 Å². The third-order valence-electron chi connectivity index (χ3n) is 3.38. The van der Waals surface area contributed by atoms with E-state index in [0.717, 1.165) is 51.3 Å². The number of aryl methyl sites for hydroxylation is 1. The molecule has 7 heteroatoms. The van der Waals surface area contributed by atoms with E-state index in [0.29, 0.717) is 5.16 Å². The molecule has 0 amide bonds. The highest BCUT2D eigenvalue weighted by atomic mass is 79.9. The molecule has 3 aromatic rings. The molecule has 2 N–H and O–H groups in total. The molecule has 0 aliphatic rings. The number of fused-ring (bicyclic) bond motifs is 1. The molecule has 0 aromatic carbocycles. The van der Waals surface area contributed by atoms with Crippen LogP contribution in [0.25, 0.3) is 11.0 Å². The van der Waals surface area contributed by atoms with Crippen LogP contribution in [0.2, 0.25) is 0 Å². The highest BCUT2D eigenvalue weighted by Gasteiger charge is 2.16. The van der Waals surface area contributed by atoms with Gasteiger partial charge in [-0.25, -0.2) is 9.97 Å². The second-order valence-electron chi connectivity index (χ2n) is 5.07. The number of aromatic amines is 1. The van der Waals surface area contributed by atoms with Crippen LogP contribution in [0, 0.1) is 0 Å². The average molecular weight is 392 g/mol. The molecule has 0 aliphatic heterocycles. The van der Waals surface area contributed by atoms with Gasteiger partial charge in [-0.3, -0.25) is 4.98 Å². The van der Waals surface area contributed by atoms with Crippen molar-refractivity contribution in [3.05, 3.63) is 34.7 Å². The summed E-state index contributed by atoms with van der Waals surface area (Å²) in [6.07, 6.45) is 5.53. The Hall–Kier alpha value is -1.60. The molecule has 120 valence electrons. The van der Waals surface area contributed by atoms with Crippen molar-refractivity contribution in [3.8, 4) is 0 Å². The lowest BCUT2D eigenvalue weighted by Crippen LogP contribution is -2.04. The summed E-state index contributed by atoms with van der Waals surface area (Å²) in [6.45, 7) is 5.13. The molecular formula is C16H18BrN5S. The smallest absolute Gasteiger partial charge is 0.196 e. The number of rotatable bonds is 6. The molecule has 0 spiro atoms. The molecule has 3 aromatic heterocycles. The van der Waals surface area contributed by atoms with Gasteiger partial charge in [-0.2, -0.15) is 0 Å². The lowest BCUT2D eigenvalue weighted by molar-refractivity contribution is 0.939. The van der Waals surface area contributed by atoms with Gasteiger partial charge in [0.1, 0.15) is 11.5 Å². The van der Waals surface area contributed by atoms with Gasteiger partial charge in [-0.1, -0.05) is 13.8 Å². The number of hydrogen-bond donors (Lipinski definition) is 2. The largest absolute Gasteiger partial charge is 0.369 e. The second-order valence-corrected chi connectivity index (χ2v) is 6.90. The van der Waals surface area contributed by atoms with Gasteiger partial charge in [0.2, 0.25) is 0 Å². The minimum atomic E-state index is 0.709. The van der Waals surface area contributed by atoms with E-state index in [1.165, 1.54) is 11.8 Å². The summed E-state index contributed by atoms with van der Waals surface area (Å²) in [5.41, 5.74) is 1.99. The summed E-state index contributed by atoms with van der Waals surface area (Å²) in [4.78, 5) is 17.9. The van der Waals surface area contributed by atoms with E-state index >= 15 is 0 Å². The Morgan fingerprint density at radius 1 is 1.30 bits per heavy atom. The maximum Gasteiger partial charge on any atom is 0.196 e. The molecule has 0 bridgehead atoms. The number of nitrogens with one attached hydrogen (secondary N) is 2. The van der Waals surface area contributed by atoms with Crippen molar-refractivity contribution in [2.24, 2.45) is 0 Å². The third-order valence-corrected chi connectivity index (χ3v) is 5.10. The normalized spacial score (nSPS) is 11.1. The zero-order valence-corrected chi connectivity index (χ0v) is 15.5. The van der Waals surface area contributed by atoms with E-state index < -0.39 is 0 Å². The molecule has 3 rings (SSSR count). The number of H-pyrrole nitrogens is 1. The first-order chi connectivity index (χ1) is 11.2. The summed E-state index contributed by atoms with van der Waals surface area (Å²) in [6, 6.07) is 3.92. The number of nitrogens with zero attached hydrogens (tertiary/aromatic N) is 3. The van der Waals surface area contributed by atoms with Gasteiger partial charge in [0, 0.05) is 29.5 Å². The van der Waals surface area contributed by atoms with Crippen LogP contribution < -0.4 is 5.32 Å². The molecular weight excluding hydrogens is 374 g/mol. The maximum absolute atomic E-state index is 4.71. The Labute approximate surface area is 147 Å².